The van der Waals surface area contributed by atoms with Gasteiger partial charge in [0.2, 0.25) is 5.91 Å². The van der Waals surface area contributed by atoms with Crippen molar-refractivity contribution in [3.63, 3.8) is 0 Å². The minimum Gasteiger partial charge on any atom is -0.493 e. The molecule has 10 heteroatoms. The summed E-state index contributed by atoms with van der Waals surface area (Å²) in [5, 5.41) is 8.45. The molecule has 1 amide bonds. The molecule has 8 nitrogen and oxygen atoms in total. The van der Waals surface area contributed by atoms with Gasteiger partial charge in [0.15, 0.2) is 17.0 Å². The standard InChI is InChI=1S/C22H19ClN4O4S/c1-12-24-20-21(32-12)19(13-7-8-16(30-2)17(9-13)31-3)26-27(22(20)29)11-18(28)25-15-6-4-5-14(23)10-15/h4-10H,11H2,1-3H3,(H,25,28). The van der Waals surface area contributed by atoms with Gasteiger partial charge < -0.3 is 14.8 Å². The number of rotatable bonds is 6. The van der Waals surface area contributed by atoms with Crippen LogP contribution in [0.15, 0.2) is 47.3 Å². The van der Waals surface area contributed by atoms with Gasteiger partial charge in [-0.3, -0.25) is 9.59 Å². The Bertz CT molecular complexity index is 1380. The molecule has 2 aromatic heterocycles. The second-order valence-corrected chi connectivity index (χ2v) is 8.49. The number of nitrogens with zero attached hydrogens (tertiary/aromatic N) is 3. The SMILES string of the molecule is COc1ccc(-c2nn(CC(=O)Nc3cccc(Cl)c3)c(=O)c3nc(C)sc23)cc1OC. The van der Waals surface area contributed by atoms with Crippen LogP contribution in [0, 0.1) is 6.92 Å². The van der Waals surface area contributed by atoms with Gasteiger partial charge in [-0.25, -0.2) is 9.67 Å². The van der Waals surface area contributed by atoms with Crippen molar-refractivity contribution in [3.8, 4) is 22.8 Å². The number of amides is 1. The molecule has 0 aliphatic heterocycles. The Kier molecular flexibility index (Phi) is 6.11. The maximum absolute atomic E-state index is 13.0. The molecule has 2 aromatic carbocycles. The highest BCUT2D eigenvalue weighted by molar-refractivity contribution is 7.19. The second kappa shape index (κ2) is 8.97. The van der Waals surface area contributed by atoms with E-state index >= 15 is 0 Å². The normalized spacial score (nSPS) is 10.9. The summed E-state index contributed by atoms with van der Waals surface area (Å²) in [5.74, 6) is 0.686. The lowest BCUT2D eigenvalue weighted by molar-refractivity contribution is -0.117. The number of carbonyl (C=O) groups excluding carboxylic acids is 1. The molecule has 0 radical (unpaired) electrons. The van der Waals surface area contributed by atoms with Crippen molar-refractivity contribution >= 4 is 44.7 Å². The number of aromatic nitrogens is 3. The van der Waals surface area contributed by atoms with Crippen LogP contribution in [-0.4, -0.2) is 34.9 Å². The fourth-order valence-corrected chi connectivity index (χ4v) is 4.36. The highest BCUT2D eigenvalue weighted by Gasteiger charge is 2.19. The zero-order valence-electron chi connectivity index (χ0n) is 17.5. The van der Waals surface area contributed by atoms with Crippen molar-refractivity contribution in [1.29, 1.82) is 0 Å². The zero-order chi connectivity index (χ0) is 22.8. The van der Waals surface area contributed by atoms with E-state index in [0.29, 0.717) is 38.2 Å². The molecule has 0 saturated heterocycles. The number of anilines is 1. The Morgan fingerprint density at radius 3 is 2.66 bits per heavy atom. The van der Waals surface area contributed by atoms with E-state index in [4.69, 9.17) is 21.1 Å². The molecule has 0 spiro atoms. The quantitative estimate of drug-likeness (QED) is 0.455. The van der Waals surface area contributed by atoms with Crippen LogP contribution in [-0.2, 0) is 11.3 Å². The summed E-state index contributed by atoms with van der Waals surface area (Å²) in [5.41, 5.74) is 1.60. The fourth-order valence-electron chi connectivity index (χ4n) is 3.25. The molecule has 0 atom stereocenters. The highest BCUT2D eigenvalue weighted by atomic mass is 35.5. The molecule has 4 rings (SSSR count). The van der Waals surface area contributed by atoms with Gasteiger partial charge in [0.25, 0.3) is 5.56 Å². The van der Waals surface area contributed by atoms with Gasteiger partial charge in [-0.1, -0.05) is 17.7 Å². The van der Waals surface area contributed by atoms with Crippen LogP contribution in [0.3, 0.4) is 0 Å². The third-order valence-corrected chi connectivity index (χ3v) is 5.88. The molecule has 32 heavy (non-hydrogen) atoms. The number of methoxy groups -OCH3 is 2. The Morgan fingerprint density at radius 1 is 1.16 bits per heavy atom. The minimum atomic E-state index is -0.435. The van der Waals surface area contributed by atoms with E-state index in [2.05, 4.69) is 15.4 Å². The molecule has 1 N–H and O–H groups in total. The number of fused-ring (bicyclic) bond motifs is 1. The van der Waals surface area contributed by atoms with Crippen molar-refractivity contribution in [1.82, 2.24) is 14.8 Å². The van der Waals surface area contributed by atoms with Gasteiger partial charge >= 0.3 is 0 Å². The van der Waals surface area contributed by atoms with Crippen LogP contribution < -0.4 is 20.3 Å². The molecule has 0 unspecified atom stereocenters. The molecule has 2 heterocycles. The van der Waals surface area contributed by atoms with Gasteiger partial charge in [-0.2, -0.15) is 5.10 Å². The Balaban J connectivity index is 1.77. The average molecular weight is 471 g/mol. The highest BCUT2D eigenvalue weighted by Crippen LogP contribution is 2.35. The summed E-state index contributed by atoms with van der Waals surface area (Å²) in [6.07, 6.45) is 0. The van der Waals surface area contributed by atoms with E-state index in [1.54, 1.807) is 50.6 Å². The number of carbonyl (C=O) groups is 1. The summed E-state index contributed by atoms with van der Waals surface area (Å²) in [4.78, 5) is 30.0. The summed E-state index contributed by atoms with van der Waals surface area (Å²) in [6.45, 7) is 1.54. The smallest absolute Gasteiger partial charge is 0.294 e. The van der Waals surface area contributed by atoms with E-state index < -0.39 is 11.5 Å². The Morgan fingerprint density at radius 2 is 1.94 bits per heavy atom. The van der Waals surface area contributed by atoms with Crippen molar-refractivity contribution in [2.24, 2.45) is 0 Å². The van der Waals surface area contributed by atoms with Crippen LogP contribution in [0.5, 0.6) is 11.5 Å². The predicted octanol–water partition coefficient (Wildman–Crippen LogP) is 4.14. The Hall–Kier alpha value is -3.43. The van der Waals surface area contributed by atoms with Gasteiger partial charge in [-0.15, -0.1) is 11.3 Å². The largest absolute Gasteiger partial charge is 0.493 e. The first-order valence-corrected chi connectivity index (χ1v) is 10.7. The molecule has 0 fully saturated rings. The number of benzene rings is 2. The lowest BCUT2D eigenvalue weighted by Crippen LogP contribution is -2.30. The van der Waals surface area contributed by atoms with Crippen molar-refractivity contribution in [3.05, 3.63) is 62.8 Å². The lowest BCUT2D eigenvalue weighted by atomic mass is 10.1. The third kappa shape index (κ3) is 4.30. The fraction of sp³-hybridized carbons (Fsp3) is 0.182. The van der Waals surface area contributed by atoms with Crippen LogP contribution in [0.4, 0.5) is 5.69 Å². The number of thiazole rings is 1. The maximum Gasteiger partial charge on any atom is 0.294 e. The number of aryl methyl sites for hydroxylation is 1. The molecule has 4 aromatic rings. The first kappa shape index (κ1) is 21.8. The van der Waals surface area contributed by atoms with E-state index in [-0.39, 0.29) is 12.1 Å². The number of halogens is 1. The lowest BCUT2D eigenvalue weighted by Gasteiger charge is -2.12. The number of ether oxygens (including phenoxy) is 2. The van der Waals surface area contributed by atoms with Gasteiger partial charge in [0, 0.05) is 16.3 Å². The van der Waals surface area contributed by atoms with Gasteiger partial charge in [-0.05, 0) is 43.3 Å². The molecule has 0 bridgehead atoms. The topological polar surface area (TPSA) is 95.3 Å². The van der Waals surface area contributed by atoms with E-state index in [9.17, 15) is 9.59 Å². The molecular weight excluding hydrogens is 452 g/mol. The van der Waals surface area contributed by atoms with Gasteiger partial charge in [0.05, 0.1) is 23.9 Å². The van der Waals surface area contributed by atoms with E-state index in [0.717, 1.165) is 9.69 Å². The minimum absolute atomic E-state index is 0.267. The van der Waals surface area contributed by atoms with Gasteiger partial charge in [0.1, 0.15) is 12.2 Å². The predicted molar refractivity (Wildman–Crippen MR) is 125 cm³/mol. The summed E-state index contributed by atoms with van der Waals surface area (Å²) in [6, 6.07) is 12.1. The summed E-state index contributed by atoms with van der Waals surface area (Å²) in [7, 11) is 3.10. The van der Waals surface area contributed by atoms with Crippen molar-refractivity contribution < 1.29 is 14.3 Å². The summed E-state index contributed by atoms with van der Waals surface area (Å²) >= 11 is 7.34. The Labute approximate surface area is 192 Å². The van der Waals surface area contributed by atoms with Crippen molar-refractivity contribution in [2.45, 2.75) is 13.5 Å². The molecule has 0 aliphatic rings. The monoisotopic (exact) mass is 470 g/mol. The van der Waals surface area contributed by atoms with Crippen LogP contribution in [0.2, 0.25) is 5.02 Å². The number of nitrogens with one attached hydrogen (secondary N) is 1. The molecule has 0 aliphatic carbocycles. The summed E-state index contributed by atoms with van der Waals surface area (Å²) < 4.78 is 12.5. The average Bonchev–Trinajstić information content (AvgIpc) is 3.17. The zero-order valence-corrected chi connectivity index (χ0v) is 19.1. The number of hydrogen-bond donors (Lipinski definition) is 1. The first-order chi connectivity index (χ1) is 15.4. The molecule has 0 saturated carbocycles. The van der Waals surface area contributed by atoms with Crippen LogP contribution in [0.1, 0.15) is 5.01 Å². The number of hydrogen-bond acceptors (Lipinski definition) is 7. The molecular formula is C22H19ClN4O4S. The van der Waals surface area contributed by atoms with E-state index in [1.807, 2.05) is 13.0 Å². The maximum atomic E-state index is 13.0. The van der Waals surface area contributed by atoms with Crippen LogP contribution >= 0.6 is 22.9 Å². The van der Waals surface area contributed by atoms with E-state index in [1.165, 1.54) is 11.3 Å². The first-order valence-electron chi connectivity index (χ1n) is 9.55. The third-order valence-electron chi connectivity index (χ3n) is 4.67. The molecule has 164 valence electrons. The second-order valence-electron chi connectivity index (χ2n) is 6.85. The van der Waals surface area contributed by atoms with Crippen molar-refractivity contribution in [2.75, 3.05) is 19.5 Å². The van der Waals surface area contributed by atoms with Crippen LogP contribution in [0.25, 0.3) is 21.5 Å².